The van der Waals surface area contributed by atoms with Crippen LogP contribution in [0.3, 0.4) is 0 Å². The van der Waals surface area contributed by atoms with E-state index in [0.29, 0.717) is 23.7 Å². The molecular formula is C15H18N2O4. The number of para-hydroxylation sites is 1. The SMILES string of the molecule is COc1c(OC2CCCOC2)cccc1-c1cnoc1N. The highest BCUT2D eigenvalue weighted by Crippen LogP contribution is 2.40. The van der Waals surface area contributed by atoms with Gasteiger partial charge in [0.15, 0.2) is 11.5 Å². The van der Waals surface area contributed by atoms with Crippen molar-refractivity contribution in [3.8, 4) is 22.6 Å². The van der Waals surface area contributed by atoms with Crippen LogP contribution in [0, 0.1) is 0 Å². The molecule has 1 unspecified atom stereocenters. The third-order valence-corrected chi connectivity index (χ3v) is 3.48. The van der Waals surface area contributed by atoms with E-state index in [1.165, 1.54) is 0 Å². The monoisotopic (exact) mass is 290 g/mol. The van der Waals surface area contributed by atoms with Gasteiger partial charge >= 0.3 is 0 Å². The Balaban J connectivity index is 1.92. The summed E-state index contributed by atoms with van der Waals surface area (Å²) in [5.41, 5.74) is 7.27. The Morgan fingerprint density at radius 1 is 1.33 bits per heavy atom. The minimum Gasteiger partial charge on any atom is -0.492 e. The van der Waals surface area contributed by atoms with Gasteiger partial charge in [-0.15, -0.1) is 0 Å². The van der Waals surface area contributed by atoms with Crippen LogP contribution >= 0.6 is 0 Å². The van der Waals surface area contributed by atoms with Gasteiger partial charge in [0.25, 0.3) is 0 Å². The lowest BCUT2D eigenvalue weighted by atomic mass is 10.1. The number of aromatic nitrogens is 1. The lowest BCUT2D eigenvalue weighted by Gasteiger charge is -2.24. The summed E-state index contributed by atoms with van der Waals surface area (Å²) < 4.78 is 21.9. The minimum absolute atomic E-state index is 0.0442. The van der Waals surface area contributed by atoms with Crippen LogP contribution in [0.1, 0.15) is 12.8 Å². The van der Waals surface area contributed by atoms with Crippen LogP contribution in [-0.4, -0.2) is 31.6 Å². The molecule has 0 amide bonds. The lowest BCUT2D eigenvalue weighted by molar-refractivity contribution is 0.00648. The van der Waals surface area contributed by atoms with E-state index in [1.54, 1.807) is 13.3 Å². The first-order chi connectivity index (χ1) is 10.3. The van der Waals surface area contributed by atoms with Crippen LogP contribution in [-0.2, 0) is 4.74 Å². The molecule has 3 rings (SSSR count). The van der Waals surface area contributed by atoms with Crippen LogP contribution in [0.5, 0.6) is 11.5 Å². The first-order valence-corrected chi connectivity index (χ1v) is 6.91. The highest BCUT2D eigenvalue weighted by Gasteiger charge is 2.20. The molecule has 1 aliphatic heterocycles. The molecule has 0 saturated carbocycles. The van der Waals surface area contributed by atoms with E-state index in [-0.39, 0.29) is 12.0 Å². The quantitative estimate of drug-likeness (QED) is 0.932. The Hall–Kier alpha value is -2.21. The summed E-state index contributed by atoms with van der Waals surface area (Å²) in [5.74, 6) is 1.55. The van der Waals surface area contributed by atoms with Crippen molar-refractivity contribution < 1.29 is 18.7 Å². The number of hydrogen-bond donors (Lipinski definition) is 1. The highest BCUT2D eigenvalue weighted by molar-refractivity contribution is 5.79. The summed E-state index contributed by atoms with van der Waals surface area (Å²) in [6, 6.07) is 5.66. The van der Waals surface area contributed by atoms with Gasteiger partial charge in [-0.3, -0.25) is 0 Å². The smallest absolute Gasteiger partial charge is 0.230 e. The number of benzene rings is 1. The molecule has 1 atom stereocenters. The van der Waals surface area contributed by atoms with E-state index in [0.717, 1.165) is 25.0 Å². The first kappa shape index (κ1) is 13.8. The number of hydrogen-bond acceptors (Lipinski definition) is 6. The van der Waals surface area contributed by atoms with Gasteiger partial charge in [0.1, 0.15) is 6.10 Å². The van der Waals surface area contributed by atoms with Crippen LogP contribution in [0.2, 0.25) is 0 Å². The van der Waals surface area contributed by atoms with Gasteiger partial charge in [-0.1, -0.05) is 17.3 Å². The Morgan fingerprint density at radius 3 is 2.90 bits per heavy atom. The van der Waals surface area contributed by atoms with Crippen molar-refractivity contribution in [2.24, 2.45) is 0 Å². The van der Waals surface area contributed by atoms with Crippen LogP contribution < -0.4 is 15.2 Å². The first-order valence-electron chi connectivity index (χ1n) is 6.91. The Bertz CT molecular complexity index is 605. The van der Waals surface area contributed by atoms with Gasteiger partial charge < -0.3 is 24.5 Å². The minimum atomic E-state index is 0.0442. The second-order valence-electron chi connectivity index (χ2n) is 4.90. The number of nitrogen functional groups attached to an aromatic ring is 1. The van der Waals surface area contributed by atoms with Gasteiger partial charge in [-0.05, 0) is 18.9 Å². The Kier molecular flexibility index (Phi) is 3.96. The maximum Gasteiger partial charge on any atom is 0.230 e. The zero-order chi connectivity index (χ0) is 14.7. The molecule has 1 fully saturated rings. The fourth-order valence-corrected chi connectivity index (χ4v) is 2.47. The van der Waals surface area contributed by atoms with Crippen molar-refractivity contribution in [2.75, 3.05) is 26.1 Å². The molecule has 1 aliphatic rings. The number of nitrogens with two attached hydrogens (primary N) is 1. The fourth-order valence-electron chi connectivity index (χ4n) is 2.47. The van der Waals surface area contributed by atoms with Crippen molar-refractivity contribution >= 4 is 5.88 Å². The number of ether oxygens (including phenoxy) is 3. The van der Waals surface area contributed by atoms with Gasteiger partial charge in [-0.2, -0.15) is 0 Å². The maximum atomic E-state index is 6.01. The standard InChI is InChI=1S/C15H18N2O4/c1-18-14-11(12-8-17-21-15(12)16)5-2-6-13(14)20-10-4-3-7-19-9-10/h2,5-6,8,10H,3-4,7,9,16H2,1H3. The average molecular weight is 290 g/mol. The van der Waals surface area contributed by atoms with E-state index in [1.807, 2.05) is 18.2 Å². The molecular weight excluding hydrogens is 272 g/mol. The molecule has 0 radical (unpaired) electrons. The Morgan fingerprint density at radius 2 is 2.24 bits per heavy atom. The van der Waals surface area contributed by atoms with Crippen molar-refractivity contribution in [1.29, 1.82) is 0 Å². The molecule has 1 saturated heterocycles. The van der Waals surface area contributed by atoms with Crippen LogP contribution in [0.25, 0.3) is 11.1 Å². The molecule has 0 bridgehead atoms. The van der Waals surface area contributed by atoms with E-state index >= 15 is 0 Å². The van der Waals surface area contributed by atoms with Crippen molar-refractivity contribution in [3.05, 3.63) is 24.4 Å². The third kappa shape index (κ3) is 2.80. The second-order valence-corrected chi connectivity index (χ2v) is 4.90. The topological polar surface area (TPSA) is 79.7 Å². The zero-order valence-electron chi connectivity index (χ0n) is 11.9. The summed E-state index contributed by atoms with van der Waals surface area (Å²) in [5, 5.41) is 3.70. The summed E-state index contributed by atoms with van der Waals surface area (Å²) in [7, 11) is 1.60. The molecule has 6 nitrogen and oxygen atoms in total. The van der Waals surface area contributed by atoms with Crippen molar-refractivity contribution in [2.45, 2.75) is 18.9 Å². The molecule has 112 valence electrons. The van der Waals surface area contributed by atoms with Crippen LogP contribution in [0.15, 0.2) is 28.9 Å². The van der Waals surface area contributed by atoms with Crippen molar-refractivity contribution in [3.63, 3.8) is 0 Å². The fraction of sp³-hybridized carbons (Fsp3) is 0.400. The van der Waals surface area contributed by atoms with E-state index in [4.69, 9.17) is 24.5 Å². The number of rotatable bonds is 4. The van der Waals surface area contributed by atoms with Gasteiger partial charge in [0.2, 0.25) is 5.88 Å². The molecule has 0 spiro atoms. The number of methoxy groups -OCH3 is 1. The summed E-state index contributed by atoms with van der Waals surface area (Å²) in [6.45, 7) is 1.40. The van der Waals surface area contributed by atoms with E-state index in [2.05, 4.69) is 5.16 Å². The molecule has 0 aliphatic carbocycles. The number of anilines is 1. The zero-order valence-corrected chi connectivity index (χ0v) is 11.9. The molecule has 6 heteroatoms. The molecule has 2 N–H and O–H groups in total. The maximum absolute atomic E-state index is 6.01. The molecule has 21 heavy (non-hydrogen) atoms. The highest BCUT2D eigenvalue weighted by atomic mass is 16.5. The third-order valence-electron chi connectivity index (χ3n) is 3.48. The van der Waals surface area contributed by atoms with Gasteiger partial charge in [0, 0.05) is 12.2 Å². The summed E-state index contributed by atoms with van der Waals surface area (Å²) >= 11 is 0. The summed E-state index contributed by atoms with van der Waals surface area (Å²) in [6.07, 6.45) is 3.59. The van der Waals surface area contributed by atoms with E-state index < -0.39 is 0 Å². The number of nitrogens with zero attached hydrogens (tertiary/aromatic N) is 1. The second kappa shape index (κ2) is 6.05. The average Bonchev–Trinajstić information content (AvgIpc) is 2.94. The normalized spacial score (nSPS) is 18.4. The largest absolute Gasteiger partial charge is 0.492 e. The molecule has 2 heterocycles. The Labute approximate surface area is 122 Å². The van der Waals surface area contributed by atoms with Gasteiger partial charge in [0.05, 0.1) is 25.5 Å². The van der Waals surface area contributed by atoms with Gasteiger partial charge in [-0.25, -0.2) is 0 Å². The predicted octanol–water partition coefficient (Wildman–Crippen LogP) is 2.49. The molecule has 1 aromatic heterocycles. The molecule has 1 aromatic carbocycles. The molecule has 2 aromatic rings. The van der Waals surface area contributed by atoms with E-state index in [9.17, 15) is 0 Å². The predicted molar refractivity (Wildman–Crippen MR) is 77.4 cm³/mol. The lowest BCUT2D eigenvalue weighted by Crippen LogP contribution is -2.28. The summed E-state index contributed by atoms with van der Waals surface area (Å²) in [4.78, 5) is 0. The van der Waals surface area contributed by atoms with Crippen LogP contribution in [0.4, 0.5) is 5.88 Å². The van der Waals surface area contributed by atoms with Crippen molar-refractivity contribution in [1.82, 2.24) is 5.16 Å².